The lowest BCUT2D eigenvalue weighted by atomic mass is 10.3. The first kappa shape index (κ1) is 15.4. The van der Waals surface area contributed by atoms with Crippen LogP contribution in [0.15, 0.2) is 36.8 Å². The first-order valence-corrected chi connectivity index (χ1v) is 7.94. The number of unbranched alkanes of at least 4 members (excludes halogenated alkanes) is 1. The molecular weight excluding hydrogens is 293 g/mol. The molecule has 0 amide bonds. The van der Waals surface area contributed by atoms with Crippen LogP contribution in [0.2, 0.25) is 0 Å². The summed E-state index contributed by atoms with van der Waals surface area (Å²) in [7, 11) is 0. The number of hydrogen-bond donors (Lipinski definition) is 0. The van der Waals surface area contributed by atoms with E-state index in [0.717, 1.165) is 37.1 Å². The third kappa shape index (κ3) is 2.88. The van der Waals surface area contributed by atoms with Crippen LogP contribution in [0.3, 0.4) is 0 Å². The molecule has 120 valence electrons. The molecule has 0 aliphatic heterocycles. The van der Waals surface area contributed by atoms with Gasteiger partial charge in [0.1, 0.15) is 23.6 Å². The van der Waals surface area contributed by atoms with Crippen molar-refractivity contribution in [3.05, 3.63) is 42.6 Å². The lowest BCUT2D eigenvalue weighted by Gasteiger charge is -2.21. The first-order chi connectivity index (χ1) is 11.3. The van der Waals surface area contributed by atoms with Crippen LogP contribution in [0.4, 0.5) is 10.2 Å². The number of halogens is 1. The number of nitrogens with zero attached hydrogens (tertiary/aromatic N) is 5. The zero-order chi connectivity index (χ0) is 16.2. The van der Waals surface area contributed by atoms with E-state index in [2.05, 4.69) is 33.8 Å². The van der Waals surface area contributed by atoms with Crippen LogP contribution < -0.4 is 4.90 Å². The minimum atomic E-state index is -0.323. The SMILES string of the molecule is CCCCN(CC)c1ncnc2c1cnn2-c1ccccc1F. The van der Waals surface area contributed by atoms with Crippen LogP contribution in [0.1, 0.15) is 26.7 Å². The number of benzene rings is 1. The molecule has 0 N–H and O–H groups in total. The number of para-hydroxylation sites is 1. The molecule has 0 bridgehead atoms. The summed E-state index contributed by atoms with van der Waals surface area (Å²) in [6.45, 7) is 6.06. The van der Waals surface area contributed by atoms with Crippen molar-refractivity contribution < 1.29 is 4.39 Å². The van der Waals surface area contributed by atoms with Gasteiger partial charge in [-0.1, -0.05) is 25.5 Å². The topological polar surface area (TPSA) is 46.8 Å². The summed E-state index contributed by atoms with van der Waals surface area (Å²) < 4.78 is 15.6. The van der Waals surface area contributed by atoms with E-state index in [4.69, 9.17) is 0 Å². The number of anilines is 1. The normalized spacial score (nSPS) is 11.1. The van der Waals surface area contributed by atoms with E-state index >= 15 is 0 Å². The molecular formula is C17H20FN5. The summed E-state index contributed by atoms with van der Waals surface area (Å²) in [6, 6.07) is 6.56. The van der Waals surface area contributed by atoms with Gasteiger partial charge in [0.15, 0.2) is 5.65 Å². The van der Waals surface area contributed by atoms with E-state index in [-0.39, 0.29) is 5.82 Å². The molecule has 1 aromatic carbocycles. The highest BCUT2D eigenvalue weighted by atomic mass is 19.1. The maximum atomic E-state index is 14.1. The van der Waals surface area contributed by atoms with Crippen LogP contribution in [-0.4, -0.2) is 32.8 Å². The first-order valence-electron chi connectivity index (χ1n) is 7.94. The average Bonchev–Trinajstić information content (AvgIpc) is 3.00. The third-order valence-electron chi connectivity index (χ3n) is 3.89. The number of aromatic nitrogens is 4. The summed E-state index contributed by atoms with van der Waals surface area (Å²) in [5.74, 6) is 0.532. The summed E-state index contributed by atoms with van der Waals surface area (Å²) in [4.78, 5) is 10.9. The van der Waals surface area contributed by atoms with Crippen LogP contribution in [0.25, 0.3) is 16.7 Å². The second kappa shape index (κ2) is 6.73. The molecule has 3 rings (SSSR count). The molecule has 0 unspecified atom stereocenters. The number of rotatable bonds is 6. The number of hydrogen-bond acceptors (Lipinski definition) is 4. The van der Waals surface area contributed by atoms with Crippen LogP contribution in [0, 0.1) is 5.82 Å². The van der Waals surface area contributed by atoms with Crippen molar-refractivity contribution in [2.24, 2.45) is 0 Å². The van der Waals surface area contributed by atoms with Gasteiger partial charge in [-0.05, 0) is 25.5 Å². The second-order valence-electron chi connectivity index (χ2n) is 5.38. The maximum absolute atomic E-state index is 14.1. The van der Waals surface area contributed by atoms with Gasteiger partial charge in [-0.25, -0.2) is 19.0 Å². The lowest BCUT2D eigenvalue weighted by Crippen LogP contribution is -2.25. The van der Waals surface area contributed by atoms with E-state index in [1.807, 2.05) is 0 Å². The van der Waals surface area contributed by atoms with Crippen molar-refractivity contribution in [2.45, 2.75) is 26.7 Å². The van der Waals surface area contributed by atoms with E-state index in [0.29, 0.717) is 11.3 Å². The van der Waals surface area contributed by atoms with E-state index < -0.39 is 0 Å². The van der Waals surface area contributed by atoms with Crippen molar-refractivity contribution in [1.29, 1.82) is 0 Å². The zero-order valence-corrected chi connectivity index (χ0v) is 13.4. The molecule has 23 heavy (non-hydrogen) atoms. The Morgan fingerprint density at radius 3 is 2.74 bits per heavy atom. The molecule has 0 fully saturated rings. The molecule has 0 atom stereocenters. The Hall–Kier alpha value is -2.50. The average molecular weight is 313 g/mol. The van der Waals surface area contributed by atoms with Crippen LogP contribution in [-0.2, 0) is 0 Å². The monoisotopic (exact) mass is 313 g/mol. The van der Waals surface area contributed by atoms with Crippen molar-refractivity contribution in [1.82, 2.24) is 19.7 Å². The van der Waals surface area contributed by atoms with Crippen LogP contribution >= 0.6 is 0 Å². The van der Waals surface area contributed by atoms with Crippen molar-refractivity contribution in [3.8, 4) is 5.69 Å². The van der Waals surface area contributed by atoms with Crippen molar-refractivity contribution in [3.63, 3.8) is 0 Å². The van der Waals surface area contributed by atoms with Crippen molar-refractivity contribution >= 4 is 16.9 Å². The molecule has 2 heterocycles. The molecule has 0 radical (unpaired) electrons. The van der Waals surface area contributed by atoms with Gasteiger partial charge in [-0.15, -0.1) is 0 Å². The van der Waals surface area contributed by atoms with Gasteiger partial charge in [0.05, 0.1) is 11.6 Å². The quantitative estimate of drug-likeness (QED) is 0.698. The highest BCUT2D eigenvalue weighted by molar-refractivity contribution is 5.87. The fraction of sp³-hybridized carbons (Fsp3) is 0.353. The van der Waals surface area contributed by atoms with E-state index in [1.54, 1.807) is 24.4 Å². The van der Waals surface area contributed by atoms with Crippen LogP contribution in [0.5, 0.6) is 0 Å². The molecule has 3 aromatic rings. The Morgan fingerprint density at radius 2 is 2.00 bits per heavy atom. The van der Waals surface area contributed by atoms with Crippen molar-refractivity contribution in [2.75, 3.05) is 18.0 Å². The summed E-state index contributed by atoms with van der Waals surface area (Å²) in [5, 5.41) is 5.17. The highest BCUT2D eigenvalue weighted by Crippen LogP contribution is 2.25. The Labute approximate surface area is 134 Å². The number of fused-ring (bicyclic) bond motifs is 1. The smallest absolute Gasteiger partial charge is 0.168 e. The van der Waals surface area contributed by atoms with Gasteiger partial charge in [-0.3, -0.25) is 0 Å². The molecule has 5 nitrogen and oxygen atoms in total. The minimum absolute atomic E-state index is 0.323. The highest BCUT2D eigenvalue weighted by Gasteiger charge is 2.16. The predicted octanol–water partition coefficient (Wildman–Crippen LogP) is 3.58. The molecule has 6 heteroatoms. The Morgan fingerprint density at radius 1 is 1.17 bits per heavy atom. The molecule has 0 saturated carbocycles. The van der Waals surface area contributed by atoms with Gasteiger partial charge in [0.2, 0.25) is 0 Å². The Balaban J connectivity index is 2.09. The molecule has 0 saturated heterocycles. The molecule has 0 aliphatic rings. The third-order valence-corrected chi connectivity index (χ3v) is 3.89. The van der Waals surface area contributed by atoms with E-state index in [1.165, 1.54) is 17.1 Å². The minimum Gasteiger partial charge on any atom is -0.356 e. The Bertz CT molecular complexity index is 799. The zero-order valence-electron chi connectivity index (χ0n) is 13.4. The fourth-order valence-electron chi connectivity index (χ4n) is 2.65. The fourth-order valence-corrected chi connectivity index (χ4v) is 2.65. The van der Waals surface area contributed by atoms with Gasteiger partial charge < -0.3 is 4.90 Å². The molecule has 2 aromatic heterocycles. The summed E-state index contributed by atoms with van der Waals surface area (Å²) in [5.41, 5.74) is 1.01. The van der Waals surface area contributed by atoms with Gasteiger partial charge in [0.25, 0.3) is 0 Å². The second-order valence-corrected chi connectivity index (χ2v) is 5.38. The standard InChI is InChI=1S/C17H20FN5/c1-3-5-10-22(4-2)16-13-11-21-23(17(13)20-12-19-16)15-9-7-6-8-14(15)18/h6-9,11-12H,3-5,10H2,1-2H3. The lowest BCUT2D eigenvalue weighted by molar-refractivity contribution is 0.612. The van der Waals surface area contributed by atoms with Gasteiger partial charge >= 0.3 is 0 Å². The largest absolute Gasteiger partial charge is 0.356 e. The maximum Gasteiger partial charge on any atom is 0.168 e. The summed E-state index contributed by atoms with van der Waals surface area (Å²) >= 11 is 0. The molecule has 0 aliphatic carbocycles. The van der Waals surface area contributed by atoms with E-state index in [9.17, 15) is 4.39 Å². The van der Waals surface area contributed by atoms with Gasteiger partial charge in [0, 0.05) is 13.1 Å². The Kier molecular flexibility index (Phi) is 4.50. The predicted molar refractivity (Wildman–Crippen MR) is 89.4 cm³/mol. The summed E-state index contributed by atoms with van der Waals surface area (Å²) in [6.07, 6.45) is 5.46. The molecule has 0 spiro atoms. The van der Waals surface area contributed by atoms with Gasteiger partial charge in [-0.2, -0.15) is 5.10 Å².